The zero-order valence-corrected chi connectivity index (χ0v) is 12.1. The van der Waals surface area contributed by atoms with Crippen molar-refractivity contribution in [2.24, 2.45) is 5.14 Å². The van der Waals surface area contributed by atoms with E-state index in [0.717, 1.165) is 16.4 Å². The number of hydrogen-bond acceptors (Lipinski definition) is 4. The summed E-state index contributed by atoms with van der Waals surface area (Å²) in [6, 6.07) is 2.46. The molecule has 0 saturated carbocycles. The van der Waals surface area contributed by atoms with Crippen molar-refractivity contribution in [1.82, 2.24) is 4.31 Å². The van der Waals surface area contributed by atoms with Gasteiger partial charge in [-0.1, -0.05) is 6.92 Å². The lowest BCUT2D eigenvalue weighted by molar-refractivity contribution is 0.461. The van der Waals surface area contributed by atoms with Crippen LogP contribution in [0.25, 0.3) is 0 Å². The smallest absolute Gasteiger partial charge is 0.225 e. The SMILES string of the molecule is CCCN(C)S(=O)(=O)c1ccc(S(N)(=O)=O)cc1F. The summed E-state index contributed by atoms with van der Waals surface area (Å²) in [5, 5.41) is 4.84. The second-order valence-electron chi connectivity index (χ2n) is 3.96. The van der Waals surface area contributed by atoms with Gasteiger partial charge in [0, 0.05) is 13.6 Å². The molecule has 2 N–H and O–H groups in total. The van der Waals surface area contributed by atoms with Crippen LogP contribution in [0.2, 0.25) is 0 Å². The highest BCUT2D eigenvalue weighted by Crippen LogP contribution is 2.21. The molecule has 0 spiro atoms. The van der Waals surface area contributed by atoms with Gasteiger partial charge in [-0.2, -0.15) is 0 Å². The van der Waals surface area contributed by atoms with Crippen molar-refractivity contribution >= 4 is 20.0 Å². The van der Waals surface area contributed by atoms with Gasteiger partial charge in [-0.3, -0.25) is 0 Å². The molecule has 1 rings (SSSR count). The van der Waals surface area contributed by atoms with Gasteiger partial charge in [0.05, 0.1) is 4.90 Å². The van der Waals surface area contributed by atoms with Gasteiger partial charge in [0.25, 0.3) is 0 Å². The third kappa shape index (κ3) is 3.50. The number of sulfonamides is 2. The average Bonchev–Trinajstić information content (AvgIpc) is 2.27. The monoisotopic (exact) mass is 310 g/mol. The van der Waals surface area contributed by atoms with E-state index in [1.165, 1.54) is 7.05 Å². The molecule has 1 aromatic rings. The lowest BCUT2D eigenvalue weighted by Crippen LogP contribution is -2.28. The summed E-state index contributed by atoms with van der Waals surface area (Å²) in [7, 11) is -6.71. The van der Waals surface area contributed by atoms with Crippen LogP contribution in [0.3, 0.4) is 0 Å². The molecule has 0 bridgehead atoms. The van der Waals surface area contributed by atoms with Crippen LogP contribution in [0, 0.1) is 5.82 Å². The summed E-state index contributed by atoms with van der Waals surface area (Å²) in [6.07, 6.45) is 0.576. The van der Waals surface area contributed by atoms with Crippen LogP contribution in [-0.4, -0.2) is 34.7 Å². The molecular formula is C10H15FN2O4S2. The number of primary sulfonamides is 1. The van der Waals surface area contributed by atoms with E-state index >= 15 is 0 Å². The number of nitrogens with two attached hydrogens (primary N) is 1. The first-order valence-electron chi connectivity index (χ1n) is 5.39. The average molecular weight is 310 g/mol. The van der Waals surface area contributed by atoms with E-state index in [4.69, 9.17) is 5.14 Å². The number of benzene rings is 1. The van der Waals surface area contributed by atoms with Crippen LogP contribution in [0.5, 0.6) is 0 Å². The third-order valence-corrected chi connectivity index (χ3v) is 5.26. The lowest BCUT2D eigenvalue weighted by Gasteiger charge is -2.16. The standard InChI is InChI=1S/C10H15FN2O4S2/c1-3-6-13(2)19(16,17)10-5-4-8(7-9(10)11)18(12,14)15/h4-5,7H,3,6H2,1-2H3,(H2,12,14,15). The van der Waals surface area contributed by atoms with E-state index in [9.17, 15) is 21.2 Å². The summed E-state index contributed by atoms with van der Waals surface area (Å²) in [6.45, 7) is 2.02. The molecule has 0 heterocycles. The van der Waals surface area contributed by atoms with E-state index in [2.05, 4.69) is 0 Å². The molecule has 0 aromatic heterocycles. The minimum absolute atomic E-state index is 0.235. The Kier molecular flexibility index (Phi) is 4.67. The topological polar surface area (TPSA) is 97.5 Å². The molecule has 19 heavy (non-hydrogen) atoms. The van der Waals surface area contributed by atoms with Crippen LogP contribution >= 0.6 is 0 Å². The molecule has 108 valence electrons. The van der Waals surface area contributed by atoms with Gasteiger partial charge in [-0.05, 0) is 24.6 Å². The normalized spacial score (nSPS) is 12.9. The molecule has 0 amide bonds. The minimum atomic E-state index is -4.07. The molecule has 0 aliphatic rings. The molecule has 0 atom stereocenters. The van der Waals surface area contributed by atoms with Gasteiger partial charge in [0.1, 0.15) is 10.7 Å². The van der Waals surface area contributed by atoms with E-state index in [1.807, 2.05) is 0 Å². The summed E-state index contributed by atoms with van der Waals surface area (Å²) < 4.78 is 60.8. The molecule has 0 fully saturated rings. The predicted molar refractivity (Wildman–Crippen MR) is 67.9 cm³/mol. The first kappa shape index (κ1) is 16.0. The van der Waals surface area contributed by atoms with Gasteiger partial charge < -0.3 is 0 Å². The van der Waals surface area contributed by atoms with Crippen LogP contribution in [0.4, 0.5) is 4.39 Å². The van der Waals surface area contributed by atoms with Crippen LogP contribution < -0.4 is 5.14 Å². The zero-order valence-electron chi connectivity index (χ0n) is 10.5. The van der Waals surface area contributed by atoms with Gasteiger partial charge in [-0.15, -0.1) is 0 Å². The summed E-state index contributed by atoms with van der Waals surface area (Å²) in [5.74, 6) is -1.14. The Bertz CT molecular complexity index is 671. The summed E-state index contributed by atoms with van der Waals surface area (Å²) in [4.78, 5) is -1.04. The van der Waals surface area contributed by atoms with Crippen LogP contribution in [0.15, 0.2) is 28.0 Å². The number of hydrogen-bond donors (Lipinski definition) is 1. The molecular weight excluding hydrogens is 295 g/mol. The van der Waals surface area contributed by atoms with Crippen molar-refractivity contribution in [2.45, 2.75) is 23.1 Å². The number of nitrogens with zero attached hydrogens (tertiary/aromatic N) is 1. The molecule has 0 unspecified atom stereocenters. The van der Waals surface area contributed by atoms with E-state index in [-0.39, 0.29) is 6.54 Å². The highest BCUT2D eigenvalue weighted by atomic mass is 32.2. The molecule has 0 aliphatic heterocycles. The first-order valence-corrected chi connectivity index (χ1v) is 8.38. The van der Waals surface area contributed by atoms with E-state index in [1.54, 1.807) is 6.92 Å². The Morgan fingerprint density at radius 3 is 2.26 bits per heavy atom. The predicted octanol–water partition coefficient (Wildman–Crippen LogP) is 0.504. The highest BCUT2D eigenvalue weighted by molar-refractivity contribution is 7.89. The fourth-order valence-corrected chi connectivity index (χ4v) is 3.30. The molecule has 0 aliphatic carbocycles. The molecule has 9 heteroatoms. The minimum Gasteiger partial charge on any atom is -0.225 e. The third-order valence-electron chi connectivity index (χ3n) is 2.46. The number of rotatable bonds is 5. The Morgan fingerprint density at radius 1 is 1.26 bits per heavy atom. The van der Waals surface area contributed by atoms with Crippen LogP contribution in [0.1, 0.15) is 13.3 Å². The number of halogens is 1. The summed E-state index contributed by atoms with van der Waals surface area (Å²) in [5.41, 5.74) is 0. The fraction of sp³-hybridized carbons (Fsp3) is 0.400. The fourth-order valence-electron chi connectivity index (χ4n) is 1.47. The lowest BCUT2D eigenvalue weighted by atomic mass is 10.3. The molecule has 6 nitrogen and oxygen atoms in total. The van der Waals surface area contributed by atoms with Crippen molar-refractivity contribution in [1.29, 1.82) is 0 Å². The van der Waals surface area contributed by atoms with Crippen molar-refractivity contribution in [3.63, 3.8) is 0 Å². The molecule has 1 aromatic carbocycles. The van der Waals surface area contributed by atoms with Gasteiger partial charge >= 0.3 is 0 Å². The van der Waals surface area contributed by atoms with Crippen LogP contribution in [-0.2, 0) is 20.0 Å². The van der Waals surface area contributed by atoms with Crippen molar-refractivity contribution in [3.8, 4) is 0 Å². The molecule has 0 radical (unpaired) electrons. The second-order valence-corrected chi connectivity index (χ2v) is 7.54. The van der Waals surface area contributed by atoms with Crippen molar-refractivity contribution in [2.75, 3.05) is 13.6 Å². The maximum Gasteiger partial charge on any atom is 0.245 e. The Hall–Kier alpha value is -1.03. The first-order chi connectivity index (χ1) is 8.60. The highest BCUT2D eigenvalue weighted by Gasteiger charge is 2.25. The maximum atomic E-state index is 13.8. The Balaban J connectivity index is 3.31. The largest absolute Gasteiger partial charge is 0.245 e. The second kappa shape index (κ2) is 5.53. The van der Waals surface area contributed by atoms with E-state index < -0.39 is 35.7 Å². The van der Waals surface area contributed by atoms with E-state index in [0.29, 0.717) is 12.5 Å². The Labute approximate surface area is 112 Å². The van der Waals surface area contributed by atoms with Gasteiger partial charge in [0.2, 0.25) is 20.0 Å². The van der Waals surface area contributed by atoms with Crippen molar-refractivity contribution in [3.05, 3.63) is 24.0 Å². The summed E-state index contributed by atoms with van der Waals surface area (Å²) >= 11 is 0. The Morgan fingerprint density at radius 2 is 1.84 bits per heavy atom. The maximum absolute atomic E-state index is 13.8. The molecule has 0 saturated heterocycles. The zero-order chi connectivity index (χ0) is 14.8. The quantitative estimate of drug-likeness (QED) is 0.856. The van der Waals surface area contributed by atoms with Gasteiger partial charge in [0.15, 0.2) is 0 Å². The van der Waals surface area contributed by atoms with Crippen molar-refractivity contribution < 1.29 is 21.2 Å². The van der Waals surface area contributed by atoms with Gasteiger partial charge in [-0.25, -0.2) is 30.7 Å².